The van der Waals surface area contributed by atoms with Crippen LogP contribution in [0.1, 0.15) is 54.2 Å². The zero-order chi connectivity index (χ0) is 22.2. The molecular formula is C20H23F2N5O3S. The number of anilines is 2. The molecule has 0 radical (unpaired) electrons. The number of carbonyl (C=O) groups excluding carboxylic acids is 1. The molecule has 2 heterocycles. The van der Waals surface area contributed by atoms with Crippen molar-refractivity contribution in [2.45, 2.75) is 48.8 Å². The maximum atomic E-state index is 13.9. The molecule has 4 rings (SSSR count). The van der Waals surface area contributed by atoms with E-state index in [1.54, 1.807) is 4.90 Å². The lowest BCUT2D eigenvalue weighted by Gasteiger charge is -2.24. The van der Waals surface area contributed by atoms with Gasteiger partial charge in [0.05, 0.1) is 4.90 Å². The number of primary sulfonamides is 1. The van der Waals surface area contributed by atoms with Gasteiger partial charge in [-0.1, -0.05) is 6.07 Å². The molecule has 1 saturated heterocycles. The van der Waals surface area contributed by atoms with Crippen LogP contribution >= 0.6 is 0 Å². The molecule has 2 aliphatic rings. The first-order valence-electron chi connectivity index (χ1n) is 10.1. The molecule has 8 nitrogen and oxygen atoms in total. The van der Waals surface area contributed by atoms with Crippen LogP contribution in [0.5, 0.6) is 0 Å². The van der Waals surface area contributed by atoms with E-state index in [9.17, 15) is 22.0 Å². The van der Waals surface area contributed by atoms with E-state index in [2.05, 4.69) is 15.3 Å². The number of nitrogens with zero attached hydrogens (tertiary/aromatic N) is 3. The number of carbonyl (C=O) groups is 1. The van der Waals surface area contributed by atoms with Crippen molar-refractivity contribution in [1.82, 2.24) is 9.97 Å². The van der Waals surface area contributed by atoms with E-state index < -0.39 is 21.9 Å². The first-order valence-corrected chi connectivity index (χ1v) is 11.6. The zero-order valence-electron chi connectivity index (χ0n) is 16.7. The molecule has 0 spiro atoms. The molecule has 0 atom stereocenters. The van der Waals surface area contributed by atoms with Crippen molar-refractivity contribution < 1.29 is 22.0 Å². The Bertz CT molecular complexity index is 1110. The predicted octanol–water partition coefficient (Wildman–Crippen LogP) is 2.88. The lowest BCUT2D eigenvalue weighted by Crippen LogP contribution is -2.30. The highest BCUT2D eigenvalue weighted by atomic mass is 32.2. The Hall–Kier alpha value is -2.66. The van der Waals surface area contributed by atoms with E-state index in [0.29, 0.717) is 18.2 Å². The maximum absolute atomic E-state index is 13.9. The monoisotopic (exact) mass is 451 g/mol. The number of alkyl halides is 2. The number of hydrogen-bond donors (Lipinski definition) is 2. The smallest absolute Gasteiger partial charge is 0.261 e. The Morgan fingerprint density at radius 3 is 2.71 bits per heavy atom. The molecule has 0 bridgehead atoms. The normalized spacial score (nSPS) is 19.0. The maximum Gasteiger partial charge on any atom is 0.261 e. The van der Waals surface area contributed by atoms with Crippen LogP contribution in [0.3, 0.4) is 0 Å². The number of halogens is 2. The minimum Gasteiger partial charge on any atom is -0.356 e. The Balaban J connectivity index is 1.63. The number of nitrogens with one attached hydrogen (secondary N) is 1. The third kappa shape index (κ3) is 5.16. The van der Waals surface area contributed by atoms with Crippen molar-refractivity contribution in [2.75, 3.05) is 23.3 Å². The van der Waals surface area contributed by atoms with Crippen LogP contribution in [0.15, 0.2) is 35.4 Å². The summed E-state index contributed by atoms with van der Waals surface area (Å²) in [5.74, 6) is -2.12. The van der Waals surface area contributed by atoms with Crippen molar-refractivity contribution in [1.29, 1.82) is 0 Å². The van der Waals surface area contributed by atoms with Gasteiger partial charge in [-0.3, -0.25) is 4.79 Å². The summed E-state index contributed by atoms with van der Waals surface area (Å²) >= 11 is 0. The fourth-order valence-electron chi connectivity index (χ4n) is 3.55. The Morgan fingerprint density at radius 2 is 2.00 bits per heavy atom. The molecule has 1 aliphatic carbocycles. The van der Waals surface area contributed by atoms with E-state index in [1.165, 1.54) is 30.5 Å². The van der Waals surface area contributed by atoms with Crippen LogP contribution in [0.25, 0.3) is 0 Å². The van der Waals surface area contributed by atoms with E-state index >= 15 is 0 Å². The van der Waals surface area contributed by atoms with Gasteiger partial charge in [0.25, 0.3) is 5.91 Å². The van der Waals surface area contributed by atoms with Gasteiger partial charge in [-0.25, -0.2) is 32.3 Å². The van der Waals surface area contributed by atoms with Gasteiger partial charge in [-0.05, 0) is 37.5 Å². The average molecular weight is 451 g/mol. The number of rotatable bonds is 5. The Labute approximate surface area is 178 Å². The van der Waals surface area contributed by atoms with E-state index in [0.717, 1.165) is 12.8 Å². The number of aromatic nitrogens is 2. The summed E-state index contributed by atoms with van der Waals surface area (Å²) in [5, 5.41) is 7.78. The number of benzene rings is 1. The fourth-order valence-corrected chi connectivity index (χ4v) is 4.11. The van der Waals surface area contributed by atoms with Gasteiger partial charge >= 0.3 is 0 Å². The van der Waals surface area contributed by atoms with Crippen LogP contribution < -0.4 is 15.4 Å². The van der Waals surface area contributed by atoms with Crippen molar-refractivity contribution in [3.05, 3.63) is 41.9 Å². The van der Waals surface area contributed by atoms with Gasteiger partial charge in [0.1, 0.15) is 17.2 Å². The number of hydrogen-bond acceptors (Lipinski definition) is 6. The molecule has 11 heteroatoms. The van der Waals surface area contributed by atoms with Crippen LogP contribution in [-0.4, -0.2) is 43.3 Å². The third-order valence-corrected chi connectivity index (χ3v) is 6.32. The van der Waals surface area contributed by atoms with Gasteiger partial charge in [0.15, 0.2) is 0 Å². The quantitative estimate of drug-likeness (QED) is 0.722. The summed E-state index contributed by atoms with van der Waals surface area (Å²) in [7, 11) is -3.93. The lowest BCUT2D eigenvalue weighted by molar-refractivity contribution is -0.0102. The molecule has 2 aromatic rings. The summed E-state index contributed by atoms with van der Waals surface area (Å²) in [6.07, 6.45) is 3.11. The number of nitrogens with two attached hydrogens (primary N) is 1. The third-order valence-electron chi connectivity index (χ3n) is 5.41. The van der Waals surface area contributed by atoms with Gasteiger partial charge in [-0.15, -0.1) is 0 Å². The van der Waals surface area contributed by atoms with Crippen molar-refractivity contribution >= 4 is 27.4 Å². The van der Waals surface area contributed by atoms with Crippen LogP contribution in [0, 0.1) is 0 Å². The Morgan fingerprint density at radius 1 is 1.23 bits per heavy atom. The average Bonchev–Trinajstić information content (AvgIpc) is 3.55. The minimum atomic E-state index is -3.93. The highest BCUT2D eigenvalue weighted by molar-refractivity contribution is 7.89. The van der Waals surface area contributed by atoms with Gasteiger partial charge in [0.2, 0.25) is 15.9 Å². The molecule has 1 aliphatic heterocycles. The van der Waals surface area contributed by atoms with Crippen molar-refractivity contribution in [3.63, 3.8) is 0 Å². The lowest BCUT2D eigenvalue weighted by atomic mass is 10.1. The predicted molar refractivity (Wildman–Crippen MR) is 111 cm³/mol. The van der Waals surface area contributed by atoms with E-state index in [-0.39, 0.29) is 47.9 Å². The second-order valence-electron chi connectivity index (χ2n) is 7.96. The molecular weight excluding hydrogens is 428 g/mol. The van der Waals surface area contributed by atoms with Gasteiger partial charge in [-0.2, -0.15) is 0 Å². The summed E-state index contributed by atoms with van der Waals surface area (Å²) in [5.41, 5.74) is 0.381. The molecule has 1 amide bonds. The van der Waals surface area contributed by atoms with Crippen LogP contribution in [0.4, 0.5) is 20.3 Å². The standard InChI is InChI=1S/C20H23F2N5O3S/c21-20(22)7-2-9-27(10-8-20)18-16(12-24-17(26-18)13-5-6-13)19(28)25-14-3-1-4-15(11-14)31(23,29)30/h1,3-4,11-13H,2,5-10H2,(H,25,28)(H2,23,29,30). The molecule has 166 valence electrons. The zero-order valence-corrected chi connectivity index (χ0v) is 17.5. The van der Waals surface area contributed by atoms with Gasteiger partial charge < -0.3 is 10.2 Å². The molecule has 31 heavy (non-hydrogen) atoms. The second-order valence-corrected chi connectivity index (χ2v) is 9.52. The topological polar surface area (TPSA) is 118 Å². The highest BCUT2D eigenvalue weighted by Crippen LogP contribution is 2.39. The molecule has 1 saturated carbocycles. The molecule has 1 aromatic heterocycles. The molecule has 3 N–H and O–H groups in total. The molecule has 2 fully saturated rings. The van der Waals surface area contributed by atoms with Crippen LogP contribution in [0.2, 0.25) is 0 Å². The first kappa shape index (κ1) is 21.6. The second kappa shape index (κ2) is 8.12. The number of sulfonamides is 1. The number of amides is 1. The van der Waals surface area contributed by atoms with E-state index in [1.807, 2.05) is 0 Å². The summed E-state index contributed by atoms with van der Waals surface area (Å²) in [4.78, 5) is 23.4. The summed E-state index contributed by atoms with van der Waals surface area (Å²) in [6.45, 7) is 0.438. The summed E-state index contributed by atoms with van der Waals surface area (Å²) < 4.78 is 50.8. The largest absolute Gasteiger partial charge is 0.356 e. The SMILES string of the molecule is NS(=O)(=O)c1cccc(NC(=O)c2cnc(C3CC3)nc2N2CCCC(F)(F)CC2)c1. The highest BCUT2D eigenvalue weighted by Gasteiger charge is 2.34. The van der Waals surface area contributed by atoms with E-state index in [4.69, 9.17) is 5.14 Å². The van der Waals surface area contributed by atoms with Crippen LogP contribution in [-0.2, 0) is 10.0 Å². The summed E-state index contributed by atoms with van der Waals surface area (Å²) in [6, 6.07) is 5.55. The van der Waals surface area contributed by atoms with Crippen molar-refractivity contribution in [2.24, 2.45) is 5.14 Å². The molecule has 1 aromatic carbocycles. The van der Waals surface area contributed by atoms with Crippen molar-refractivity contribution in [3.8, 4) is 0 Å². The molecule has 0 unspecified atom stereocenters. The Kier molecular flexibility index (Phi) is 5.65. The minimum absolute atomic E-state index is 0.0787. The first-order chi connectivity index (χ1) is 14.6. The van der Waals surface area contributed by atoms with Gasteiger partial charge in [0, 0.05) is 43.7 Å². The fraction of sp³-hybridized carbons (Fsp3) is 0.450.